The van der Waals surface area contributed by atoms with Gasteiger partial charge < -0.3 is 9.64 Å². The van der Waals surface area contributed by atoms with Gasteiger partial charge in [-0.25, -0.2) is 13.1 Å². The van der Waals surface area contributed by atoms with Crippen molar-refractivity contribution in [2.24, 2.45) is 0 Å². The predicted molar refractivity (Wildman–Crippen MR) is 109 cm³/mol. The molecule has 1 saturated carbocycles. The molecule has 1 aromatic carbocycles. The van der Waals surface area contributed by atoms with Gasteiger partial charge in [0.05, 0.1) is 11.1 Å². The third-order valence-corrected chi connectivity index (χ3v) is 7.51. The summed E-state index contributed by atoms with van der Waals surface area (Å²) >= 11 is 6.17. The first kappa shape index (κ1) is 21.6. The average molecular weight is 429 g/mol. The zero-order chi connectivity index (χ0) is 20.1. The van der Waals surface area contributed by atoms with Crippen LogP contribution in [0.1, 0.15) is 62.2 Å². The summed E-state index contributed by atoms with van der Waals surface area (Å²) in [6.07, 6.45) is 7.13. The lowest BCUT2D eigenvalue weighted by atomic mass is 9.93. The Labute approximate surface area is 172 Å². The number of hydrogen-bond acceptors (Lipinski definition) is 4. The van der Waals surface area contributed by atoms with E-state index < -0.39 is 10.0 Å². The zero-order valence-corrected chi connectivity index (χ0v) is 17.9. The highest BCUT2D eigenvalue weighted by Gasteiger charge is 2.27. The molecule has 1 heterocycles. The molecule has 156 valence electrons. The molecule has 1 saturated heterocycles. The van der Waals surface area contributed by atoms with Crippen LogP contribution in [0.4, 0.5) is 0 Å². The van der Waals surface area contributed by atoms with Gasteiger partial charge in [0.2, 0.25) is 10.0 Å². The lowest BCUT2D eigenvalue weighted by Gasteiger charge is -2.33. The summed E-state index contributed by atoms with van der Waals surface area (Å²) in [4.78, 5) is 14.9. The van der Waals surface area contributed by atoms with Crippen molar-refractivity contribution in [3.05, 3.63) is 28.8 Å². The monoisotopic (exact) mass is 428 g/mol. The van der Waals surface area contributed by atoms with Crippen LogP contribution >= 0.6 is 11.6 Å². The molecule has 1 unspecified atom stereocenters. The molecular weight excluding hydrogens is 400 g/mol. The molecule has 8 heteroatoms. The first-order valence-electron chi connectivity index (χ1n) is 10.1. The van der Waals surface area contributed by atoms with Crippen LogP contribution in [0.2, 0.25) is 5.02 Å². The van der Waals surface area contributed by atoms with Gasteiger partial charge in [0.25, 0.3) is 5.91 Å². The van der Waals surface area contributed by atoms with E-state index in [2.05, 4.69) is 4.72 Å². The fourth-order valence-electron chi connectivity index (χ4n) is 4.05. The Hall–Kier alpha value is -1.15. The maximum atomic E-state index is 13.1. The molecule has 0 spiro atoms. The van der Waals surface area contributed by atoms with Crippen molar-refractivity contribution in [1.82, 2.24) is 9.62 Å². The van der Waals surface area contributed by atoms with E-state index >= 15 is 0 Å². The van der Waals surface area contributed by atoms with E-state index in [-0.39, 0.29) is 34.5 Å². The summed E-state index contributed by atoms with van der Waals surface area (Å²) in [6.45, 7) is 3.43. The normalized spacial score (nSPS) is 21.0. The van der Waals surface area contributed by atoms with Crippen molar-refractivity contribution >= 4 is 27.5 Å². The molecule has 0 bridgehead atoms. The number of rotatable bonds is 7. The number of nitrogens with one attached hydrogen (secondary N) is 1. The second-order valence-corrected chi connectivity index (χ2v) is 9.66. The van der Waals surface area contributed by atoms with Gasteiger partial charge in [0.1, 0.15) is 4.90 Å². The summed E-state index contributed by atoms with van der Waals surface area (Å²) in [7, 11) is -3.82. The molecule has 2 fully saturated rings. The Morgan fingerprint density at radius 2 is 1.96 bits per heavy atom. The summed E-state index contributed by atoms with van der Waals surface area (Å²) in [6, 6.07) is 4.72. The maximum absolute atomic E-state index is 13.1. The molecule has 6 nitrogen and oxygen atoms in total. The van der Waals surface area contributed by atoms with Crippen LogP contribution < -0.4 is 4.72 Å². The Bertz CT molecular complexity index is 787. The predicted octanol–water partition coefficient (Wildman–Crippen LogP) is 3.59. The molecular formula is C20H29ClN2O4S. The number of sulfonamides is 1. The summed E-state index contributed by atoms with van der Waals surface area (Å²) < 4.78 is 33.5. The number of ether oxygens (including phenoxy) is 1. The van der Waals surface area contributed by atoms with Gasteiger partial charge in [-0.3, -0.25) is 4.79 Å². The smallest absolute Gasteiger partial charge is 0.254 e. The summed E-state index contributed by atoms with van der Waals surface area (Å²) in [5.74, 6) is -0.137. The van der Waals surface area contributed by atoms with Gasteiger partial charge in [0, 0.05) is 31.3 Å². The van der Waals surface area contributed by atoms with Crippen molar-refractivity contribution in [3.8, 4) is 0 Å². The van der Waals surface area contributed by atoms with E-state index in [0.717, 1.165) is 38.5 Å². The Morgan fingerprint density at radius 1 is 1.21 bits per heavy atom. The summed E-state index contributed by atoms with van der Waals surface area (Å²) in [5, 5.41) is 0.108. The molecule has 3 rings (SSSR count). The molecule has 1 aromatic rings. The van der Waals surface area contributed by atoms with Crippen LogP contribution in [0, 0.1) is 0 Å². The second-order valence-electron chi connectivity index (χ2n) is 7.52. The van der Waals surface area contributed by atoms with Crippen molar-refractivity contribution in [2.75, 3.05) is 19.7 Å². The average Bonchev–Trinajstić information content (AvgIpc) is 3.22. The molecule has 1 aliphatic heterocycles. The van der Waals surface area contributed by atoms with Gasteiger partial charge in [-0.15, -0.1) is 0 Å². The van der Waals surface area contributed by atoms with Crippen LogP contribution in [-0.4, -0.2) is 51.1 Å². The molecule has 28 heavy (non-hydrogen) atoms. The van der Waals surface area contributed by atoms with Crippen molar-refractivity contribution in [1.29, 1.82) is 0 Å². The van der Waals surface area contributed by atoms with E-state index in [1.54, 1.807) is 6.07 Å². The first-order chi connectivity index (χ1) is 13.4. The minimum Gasteiger partial charge on any atom is -0.377 e. The van der Waals surface area contributed by atoms with Crippen LogP contribution in [0.25, 0.3) is 0 Å². The molecule has 0 radical (unpaired) electrons. The molecule has 0 aromatic heterocycles. The highest BCUT2D eigenvalue weighted by Crippen LogP contribution is 2.27. The first-order valence-corrected chi connectivity index (χ1v) is 12.0. The van der Waals surface area contributed by atoms with Crippen molar-refractivity contribution in [2.45, 2.75) is 68.9 Å². The highest BCUT2D eigenvalue weighted by molar-refractivity contribution is 7.89. The zero-order valence-electron chi connectivity index (χ0n) is 16.3. The number of hydrogen-bond donors (Lipinski definition) is 1. The number of amides is 1. The Morgan fingerprint density at radius 3 is 2.61 bits per heavy atom. The van der Waals surface area contributed by atoms with Gasteiger partial charge in [-0.05, 0) is 50.8 Å². The van der Waals surface area contributed by atoms with E-state index in [1.165, 1.54) is 18.6 Å². The molecule has 1 amide bonds. The highest BCUT2D eigenvalue weighted by atomic mass is 35.5. The van der Waals surface area contributed by atoms with Gasteiger partial charge >= 0.3 is 0 Å². The van der Waals surface area contributed by atoms with E-state index in [9.17, 15) is 13.2 Å². The lowest BCUT2D eigenvalue weighted by molar-refractivity contribution is 0.0647. The SMILES string of the molecule is CCN(C(=O)c1ccc(Cl)c(S(=O)(=O)NCC2CCCO2)c1)C1CCCCC1. The van der Waals surface area contributed by atoms with E-state index in [0.29, 0.717) is 18.7 Å². The number of nitrogens with zero attached hydrogens (tertiary/aromatic N) is 1. The Balaban J connectivity index is 1.78. The van der Waals surface area contributed by atoms with Crippen LogP contribution in [-0.2, 0) is 14.8 Å². The number of halogens is 1. The van der Waals surface area contributed by atoms with Crippen molar-refractivity contribution in [3.63, 3.8) is 0 Å². The van der Waals surface area contributed by atoms with Gasteiger partial charge in [-0.1, -0.05) is 30.9 Å². The summed E-state index contributed by atoms with van der Waals surface area (Å²) in [5.41, 5.74) is 0.356. The maximum Gasteiger partial charge on any atom is 0.254 e. The molecule has 2 aliphatic rings. The third kappa shape index (κ3) is 5.06. The standard InChI is InChI=1S/C20H29ClN2O4S/c1-2-23(16-7-4-3-5-8-16)20(24)15-10-11-18(21)19(13-15)28(25,26)22-14-17-9-6-12-27-17/h10-11,13,16-17,22H,2-9,12,14H2,1H3. The van der Waals surface area contributed by atoms with Crippen LogP contribution in [0.5, 0.6) is 0 Å². The molecule has 1 atom stereocenters. The van der Waals surface area contributed by atoms with Gasteiger partial charge in [-0.2, -0.15) is 0 Å². The topological polar surface area (TPSA) is 75.7 Å². The minimum atomic E-state index is -3.82. The molecule has 1 aliphatic carbocycles. The second kappa shape index (κ2) is 9.57. The quantitative estimate of drug-likeness (QED) is 0.720. The van der Waals surface area contributed by atoms with Gasteiger partial charge in [0.15, 0.2) is 0 Å². The van der Waals surface area contributed by atoms with Crippen LogP contribution in [0.15, 0.2) is 23.1 Å². The minimum absolute atomic E-state index is 0.0577. The molecule has 1 N–H and O–H groups in total. The van der Waals surface area contributed by atoms with Crippen LogP contribution in [0.3, 0.4) is 0 Å². The third-order valence-electron chi connectivity index (χ3n) is 5.61. The Kier molecular flexibility index (Phi) is 7.36. The van der Waals surface area contributed by atoms with E-state index in [4.69, 9.17) is 16.3 Å². The fourth-order valence-corrected chi connectivity index (χ4v) is 5.64. The number of benzene rings is 1. The number of carbonyl (C=O) groups excluding carboxylic acids is 1. The lowest BCUT2D eigenvalue weighted by Crippen LogP contribution is -2.41. The fraction of sp³-hybridized carbons (Fsp3) is 0.650. The number of carbonyl (C=O) groups is 1. The van der Waals surface area contributed by atoms with Crippen molar-refractivity contribution < 1.29 is 17.9 Å². The van der Waals surface area contributed by atoms with E-state index in [1.807, 2.05) is 11.8 Å². The largest absolute Gasteiger partial charge is 0.377 e.